The van der Waals surface area contributed by atoms with Gasteiger partial charge in [0.1, 0.15) is 23.7 Å². The smallest absolute Gasteiger partial charge is 0.408 e. The third-order valence-electron chi connectivity index (χ3n) is 5.20. The van der Waals surface area contributed by atoms with Crippen LogP contribution in [0, 0.1) is 5.92 Å². The Bertz CT molecular complexity index is 1060. The third-order valence-corrected chi connectivity index (χ3v) is 8.55. The van der Waals surface area contributed by atoms with Gasteiger partial charge < -0.3 is 20.7 Å². The molecule has 0 fully saturated rings. The highest BCUT2D eigenvalue weighted by Gasteiger charge is 2.31. The fourth-order valence-electron chi connectivity index (χ4n) is 3.46. The molecule has 10 nitrogen and oxygen atoms in total. The SMILES string of the molecule is CC(C)=NNC(=O)[C@H](CSSC(C)(C)C)NC(=O)[C@H](CC(C)C)NC(=O)[C@H](Cc1ccccc1)NC(=O)OC(C)(C)C. The molecule has 0 radical (unpaired) electrons. The molecule has 0 aliphatic heterocycles. The van der Waals surface area contributed by atoms with Crippen LogP contribution in [0.2, 0.25) is 0 Å². The van der Waals surface area contributed by atoms with Crippen molar-refractivity contribution in [3.05, 3.63) is 35.9 Å². The molecule has 0 heterocycles. The molecule has 0 bridgehead atoms. The summed E-state index contributed by atoms with van der Waals surface area (Å²) in [5.41, 5.74) is 3.24. The Morgan fingerprint density at radius 3 is 1.93 bits per heavy atom. The first kappa shape index (κ1) is 37.3. The highest BCUT2D eigenvalue weighted by Crippen LogP contribution is 2.35. The van der Waals surface area contributed by atoms with Gasteiger partial charge in [0.15, 0.2) is 0 Å². The van der Waals surface area contributed by atoms with Gasteiger partial charge in [0.05, 0.1) is 0 Å². The lowest BCUT2D eigenvalue weighted by Crippen LogP contribution is -2.57. The molecule has 0 unspecified atom stereocenters. The molecule has 12 heteroatoms. The number of nitrogens with zero attached hydrogens (tertiary/aromatic N) is 1. The molecule has 3 atom stereocenters. The quantitative estimate of drug-likeness (QED) is 0.132. The number of carbonyl (C=O) groups is 4. The van der Waals surface area contributed by atoms with Crippen molar-refractivity contribution in [3.8, 4) is 0 Å². The molecule has 4 N–H and O–H groups in total. The van der Waals surface area contributed by atoms with E-state index in [2.05, 4.69) is 47.2 Å². The van der Waals surface area contributed by atoms with E-state index in [1.807, 2.05) is 44.2 Å². The first-order chi connectivity index (χ1) is 19.4. The summed E-state index contributed by atoms with van der Waals surface area (Å²) in [7, 11) is 3.08. The van der Waals surface area contributed by atoms with Gasteiger partial charge in [-0.05, 0) is 52.5 Å². The average Bonchev–Trinajstić information content (AvgIpc) is 2.84. The van der Waals surface area contributed by atoms with Crippen molar-refractivity contribution >= 4 is 51.1 Å². The molecule has 236 valence electrons. The number of hydrazone groups is 1. The van der Waals surface area contributed by atoms with E-state index in [4.69, 9.17) is 4.74 Å². The van der Waals surface area contributed by atoms with Gasteiger partial charge in [0.25, 0.3) is 5.91 Å². The van der Waals surface area contributed by atoms with Gasteiger partial charge in [-0.15, -0.1) is 0 Å². The molecule has 0 saturated carbocycles. The van der Waals surface area contributed by atoms with Crippen LogP contribution in [0.3, 0.4) is 0 Å². The number of ether oxygens (including phenoxy) is 1. The van der Waals surface area contributed by atoms with Crippen LogP contribution in [-0.4, -0.2) is 63.8 Å². The zero-order valence-electron chi connectivity index (χ0n) is 26.6. The van der Waals surface area contributed by atoms with Crippen LogP contribution in [0.15, 0.2) is 35.4 Å². The van der Waals surface area contributed by atoms with Crippen molar-refractivity contribution in [1.82, 2.24) is 21.4 Å². The van der Waals surface area contributed by atoms with Crippen LogP contribution in [0.4, 0.5) is 4.79 Å². The van der Waals surface area contributed by atoms with Crippen molar-refractivity contribution in [2.24, 2.45) is 11.0 Å². The van der Waals surface area contributed by atoms with Crippen LogP contribution in [0.1, 0.15) is 81.2 Å². The number of nitrogens with one attached hydrogen (secondary N) is 4. The number of amides is 4. The second-order valence-electron chi connectivity index (χ2n) is 12.7. The summed E-state index contributed by atoms with van der Waals surface area (Å²) >= 11 is 0. The van der Waals surface area contributed by atoms with E-state index < -0.39 is 47.5 Å². The lowest BCUT2D eigenvalue weighted by atomic mass is 10.0. The topological polar surface area (TPSA) is 138 Å². The first-order valence-corrected chi connectivity index (χ1v) is 16.4. The Labute approximate surface area is 259 Å². The Kier molecular flexibility index (Phi) is 15.5. The Morgan fingerprint density at radius 1 is 0.833 bits per heavy atom. The Balaban J connectivity index is 3.17. The van der Waals surface area contributed by atoms with Crippen molar-refractivity contribution in [2.45, 2.75) is 111 Å². The predicted octanol–water partition coefficient (Wildman–Crippen LogP) is 4.83. The first-order valence-electron chi connectivity index (χ1n) is 14.1. The van der Waals surface area contributed by atoms with Gasteiger partial charge in [0.2, 0.25) is 11.8 Å². The molecule has 0 saturated heterocycles. The summed E-state index contributed by atoms with van der Waals surface area (Å²) in [6.45, 7) is 18.8. The van der Waals surface area contributed by atoms with E-state index in [0.29, 0.717) is 17.9 Å². The van der Waals surface area contributed by atoms with E-state index in [-0.39, 0.29) is 17.1 Å². The average molecular weight is 624 g/mol. The maximum Gasteiger partial charge on any atom is 0.408 e. The van der Waals surface area contributed by atoms with Gasteiger partial charge in [-0.25, -0.2) is 10.2 Å². The fourth-order valence-corrected chi connectivity index (χ4v) is 5.93. The minimum absolute atomic E-state index is 0.0447. The Hall–Kier alpha value is -2.73. The number of hydrogen-bond acceptors (Lipinski definition) is 8. The summed E-state index contributed by atoms with van der Waals surface area (Å²) in [5.74, 6) is -1.12. The highest BCUT2D eigenvalue weighted by molar-refractivity contribution is 8.77. The lowest BCUT2D eigenvalue weighted by Gasteiger charge is -2.27. The van der Waals surface area contributed by atoms with Crippen LogP contribution < -0.4 is 21.4 Å². The lowest BCUT2D eigenvalue weighted by molar-refractivity contribution is -0.132. The van der Waals surface area contributed by atoms with Crippen molar-refractivity contribution in [2.75, 3.05) is 5.75 Å². The molecule has 1 aromatic rings. The van der Waals surface area contributed by atoms with Crippen LogP contribution in [0.25, 0.3) is 0 Å². The molecule has 1 aromatic carbocycles. The summed E-state index contributed by atoms with van der Waals surface area (Å²) in [4.78, 5) is 52.7. The summed E-state index contributed by atoms with van der Waals surface area (Å²) in [6, 6.07) is 6.44. The van der Waals surface area contributed by atoms with E-state index in [1.54, 1.807) is 45.4 Å². The molecule has 0 aromatic heterocycles. The molecular weight excluding hydrogens is 574 g/mol. The number of carbonyl (C=O) groups excluding carboxylic acids is 4. The molecule has 1 rings (SSSR count). The van der Waals surface area contributed by atoms with Crippen LogP contribution in [0.5, 0.6) is 0 Å². The van der Waals surface area contributed by atoms with Gasteiger partial charge in [-0.1, -0.05) is 86.5 Å². The third kappa shape index (κ3) is 16.6. The molecule has 0 aliphatic carbocycles. The summed E-state index contributed by atoms with van der Waals surface area (Å²) in [6.07, 6.45) is -0.213. The maximum absolute atomic E-state index is 13.6. The minimum atomic E-state index is -0.996. The predicted molar refractivity (Wildman–Crippen MR) is 173 cm³/mol. The standard InChI is InChI=1S/C30H49N5O5S2/c1-19(2)16-22(25(36)32-24(18-41-42-30(8,9)10)27(38)35-34-20(3)4)31-26(37)23(17-21-14-12-11-13-15-21)33-28(39)40-29(5,6)7/h11-15,19,22-24H,16-18H2,1-10H3,(H,31,37)(H,32,36)(H,33,39)(H,35,38)/t22-,23-,24-/m0/s1. The zero-order chi connectivity index (χ0) is 32.1. The van der Waals surface area contributed by atoms with Crippen LogP contribution >= 0.6 is 21.6 Å². The van der Waals surface area contributed by atoms with Gasteiger partial charge >= 0.3 is 6.09 Å². The largest absolute Gasteiger partial charge is 0.444 e. The van der Waals surface area contributed by atoms with E-state index in [1.165, 1.54) is 10.8 Å². The molecule has 4 amide bonds. The maximum atomic E-state index is 13.6. The van der Waals surface area contributed by atoms with Crippen molar-refractivity contribution < 1.29 is 23.9 Å². The Morgan fingerprint density at radius 2 is 1.40 bits per heavy atom. The van der Waals surface area contributed by atoms with Gasteiger partial charge in [0, 0.05) is 22.6 Å². The summed E-state index contributed by atoms with van der Waals surface area (Å²) < 4.78 is 5.34. The second kappa shape index (κ2) is 17.4. The number of alkyl carbamates (subject to hydrolysis) is 1. The zero-order valence-corrected chi connectivity index (χ0v) is 28.3. The van der Waals surface area contributed by atoms with E-state index in [9.17, 15) is 19.2 Å². The van der Waals surface area contributed by atoms with E-state index in [0.717, 1.165) is 5.56 Å². The van der Waals surface area contributed by atoms with Crippen molar-refractivity contribution in [1.29, 1.82) is 0 Å². The van der Waals surface area contributed by atoms with E-state index >= 15 is 0 Å². The van der Waals surface area contributed by atoms with Gasteiger partial charge in [-0.2, -0.15) is 5.10 Å². The minimum Gasteiger partial charge on any atom is -0.444 e. The molecular formula is C30H49N5O5S2. The summed E-state index contributed by atoms with van der Waals surface area (Å²) in [5, 5.41) is 12.3. The number of benzene rings is 1. The molecule has 42 heavy (non-hydrogen) atoms. The number of hydrogen-bond donors (Lipinski definition) is 4. The fraction of sp³-hybridized carbons (Fsp3) is 0.633. The van der Waals surface area contributed by atoms with Crippen molar-refractivity contribution in [3.63, 3.8) is 0 Å². The monoisotopic (exact) mass is 623 g/mol. The highest BCUT2D eigenvalue weighted by atomic mass is 33.1. The second-order valence-corrected chi connectivity index (χ2v) is 15.8. The van der Waals surface area contributed by atoms with Gasteiger partial charge in [-0.3, -0.25) is 14.4 Å². The normalized spacial score (nSPS) is 13.8. The molecule has 0 spiro atoms. The molecule has 0 aliphatic rings. The number of rotatable bonds is 14. The van der Waals surface area contributed by atoms with Crippen LogP contribution in [-0.2, 0) is 25.5 Å².